The minimum absolute atomic E-state index is 0.468. The third-order valence-electron chi connectivity index (χ3n) is 2.24. The van der Waals surface area contributed by atoms with Crippen LogP contribution in [0.3, 0.4) is 0 Å². The highest BCUT2D eigenvalue weighted by molar-refractivity contribution is 6.13. The molecule has 0 bridgehead atoms. The van der Waals surface area contributed by atoms with Crippen LogP contribution in [0.25, 0.3) is 0 Å². The Morgan fingerprint density at radius 3 is 3.31 bits per heavy atom. The van der Waals surface area contributed by atoms with Crippen molar-refractivity contribution in [1.29, 1.82) is 0 Å². The molecule has 16 heavy (non-hydrogen) atoms. The van der Waals surface area contributed by atoms with Crippen LogP contribution in [0.5, 0.6) is 0 Å². The van der Waals surface area contributed by atoms with E-state index in [-0.39, 0.29) is 0 Å². The first-order valence-electron chi connectivity index (χ1n) is 4.66. The van der Waals surface area contributed by atoms with Gasteiger partial charge in [0.05, 0.1) is 12.9 Å². The van der Waals surface area contributed by atoms with Crippen molar-refractivity contribution >= 4 is 18.1 Å². The molecule has 0 atom stereocenters. The zero-order valence-corrected chi connectivity index (χ0v) is 8.14. The number of nitrogens with zero attached hydrogens (tertiary/aromatic N) is 3. The summed E-state index contributed by atoms with van der Waals surface area (Å²) in [6.07, 6.45) is 2.73. The first kappa shape index (κ1) is 8.94. The van der Waals surface area contributed by atoms with E-state index in [1.54, 1.807) is 23.3 Å². The average molecular weight is 218 g/mol. The number of amidine groups is 1. The lowest BCUT2D eigenvalue weighted by molar-refractivity contribution is 0.566. The van der Waals surface area contributed by atoms with Gasteiger partial charge in [0, 0.05) is 6.07 Å². The summed E-state index contributed by atoms with van der Waals surface area (Å²) in [4.78, 5) is 9.24. The van der Waals surface area contributed by atoms with Crippen LogP contribution in [-0.4, -0.2) is 18.8 Å². The van der Waals surface area contributed by atoms with E-state index >= 15 is 0 Å². The number of aliphatic imine (C=N–C) groups is 2. The largest absolute Gasteiger partial charge is 0.448 e. The van der Waals surface area contributed by atoms with E-state index < -0.39 is 5.95 Å². The summed E-state index contributed by atoms with van der Waals surface area (Å²) >= 11 is 0. The van der Waals surface area contributed by atoms with Crippen molar-refractivity contribution in [3.8, 4) is 0 Å². The van der Waals surface area contributed by atoms with E-state index in [0.717, 1.165) is 6.34 Å². The summed E-state index contributed by atoms with van der Waals surface area (Å²) in [6, 6.07) is 3.58. The smallest absolute Gasteiger partial charge is 0.260 e. The average Bonchev–Trinajstić information content (AvgIpc) is 2.85. The number of hydrogen-bond donors (Lipinski definition) is 1. The highest BCUT2D eigenvalue weighted by Crippen LogP contribution is 2.21. The number of rotatable bonds is 1. The lowest BCUT2D eigenvalue weighted by atomic mass is 10.4. The van der Waals surface area contributed by atoms with Gasteiger partial charge in [0.25, 0.3) is 5.95 Å². The molecule has 0 radical (unpaired) electrons. The molecule has 0 saturated carbocycles. The van der Waals surface area contributed by atoms with Gasteiger partial charge < -0.3 is 9.73 Å². The zero-order chi connectivity index (χ0) is 11.0. The maximum absolute atomic E-state index is 13.0. The molecule has 2 aliphatic rings. The van der Waals surface area contributed by atoms with Crippen molar-refractivity contribution < 1.29 is 8.81 Å². The molecular formula is C10H7FN4O. The second-order valence-corrected chi connectivity index (χ2v) is 3.20. The standard InChI is InChI=1S/C10H7FN4O/c11-8-4-7-10(13-5-12-8)15(6-14-7)9-2-1-3-16-9/h1-3,5,14H,6H2. The predicted molar refractivity (Wildman–Crippen MR) is 56.8 cm³/mol. The normalized spacial score (nSPS) is 18.3. The van der Waals surface area contributed by atoms with Gasteiger partial charge in [-0.3, -0.25) is 4.90 Å². The Hall–Kier alpha value is -2.33. The molecule has 0 amide bonds. The summed E-state index contributed by atoms with van der Waals surface area (Å²) in [5, 5.41) is 2.97. The van der Waals surface area contributed by atoms with Gasteiger partial charge in [-0.2, -0.15) is 4.39 Å². The second kappa shape index (κ2) is 3.36. The summed E-state index contributed by atoms with van der Waals surface area (Å²) < 4.78 is 18.2. The summed E-state index contributed by atoms with van der Waals surface area (Å²) in [5.74, 6) is 0.493. The topological polar surface area (TPSA) is 53.1 Å². The Morgan fingerprint density at radius 2 is 2.50 bits per heavy atom. The van der Waals surface area contributed by atoms with Crippen LogP contribution >= 0.6 is 0 Å². The molecule has 3 heterocycles. The van der Waals surface area contributed by atoms with Crippen LogP contribution in [0.15, 0.2) is 50.2 Å². The van der Waals surface area contributed by atoms with Crippen LogP contribution < -0.4 is 10.2 Å². The third kappa shape index (κ3) is 1.32. The Bertz CT molecular complexity index is 537. The summed E-state index contributed by atoms with van der Waals surface area (Å²) in [6.45, 7) is 0.468. The van der Waals surface area contributed by atoms with Crippen LogP contribution in [-0.2, 0) is 0 Å². The van der Waals surface area contributed by atoms with E-state index in [9.17, 15) is 4.39 Å². The van der Waals surface area contributed by atoms with Gasteiger partial charge in [-0.15, -0.1) is 0 Å². The van der Waals surface area contributed by atoms with Crippen molar-refractivity contribution in [2.75, 3.05) is 11.6 Å². The van der Waals surface area contributed by atoms with Crippen molar-refractivity contribution in [2.24, 2.45) is 9.98 Å². The minimum atomic E-state index is -0.692. The van der Waals surface area contributed by atoms with Gasteiger partial charge in [-0.25, -0.2) is 9.98 Å². The first-order chi connectivity index (χ1) is 7.84. The molecule has 1 N–H and O–H groups in total. The van der Waals surface area contributed by atoms with E-state index in [0.29, 0.717) is 24.1 Å². The number of nitrogens with one attached hydrogen (secondary N) is 1. The van der Waals surface area contributed by atoms with Gasteiger partial charge in [-0.05, 0) is 11.8 Å². The predicted octanol–water partition coefficient (Wildman–Crippen LogP) is 1.38. The molecule has 0 aromatic carbocycles. The SMILES string of the molecule is FC1=C=C2NCN(c3ccco3)C2=NC=N1. The van der Waals surface area contributed by atoms with Crippen molar-refractivity contribution in [3.63, 3.8) is 0 Å². The lowest BCUT2D eigenvalue weighted by Gasteiger charge is -2.11. The Morgan fingerprint density at radius 1 is 1.56 bits per heavy atom. The maximum atomic E-state index is 13.0. The molecule has 0 spiro atoms. The highest BCUT2D eigenvalue weighted by atomic mass is 19.1. The summed E-state index contributed by atoms with van der Waals surface area (Å²) in [7, 11) is 0. The third-order valence-corrected chi connectivity index (χ3v) is 2.24. The van der Waals surface area contributed by atoms with Gasteiger partial charge in [0.2, 0.25) is 5.88 Å². The monoisotopic (exact) mass is 218 g/mol. The molecule has 3 rings (SSSR count). The molecule has 80 valence electrons. The van der Waals surface area contributed by atoms with Gasteiger partial charge in [0.15, 0.2) is 5.84 Å². The van der Waals surface area contributed by atoms with Crippen molar-refractivity contribution in [2.45, 2.75) is 0 Å². The van der Waals surface area contributed by atoms with Crippen molar-refractivity contribution in [3.05, 3.63) is 35.8 Å². The fourth-order valence-electron chi connectivity index (χ4n) is 1.56. The van der Waals surface area contributed by atoms with E-state index in [4.69, 9.17) is 4.42 Å². The second-order valence-electron chi connectivity index (χ2n) is 3.20. The first-order valence-corrected chi connectivity index (χ1v) is 4.66. The Labute approximate surface area is 90.3 Å². The van der Waals surface area contributed by atoms with E-state index in [1.165, 1.54) is 0 Å². The minimum Gasteiger partial charge on any atom is -0.448 e. The molecule has 6 heteroatoms. The van der Waals surface area contributed by atoms with Crippen LogP contribution in [0.4, 0.5) is 10.3 Å². The van der Waals surface area contributed by atoms with Crippen LogP contribution in [0, 0.1) is 0 Å². The molecule has 0 aliphatic carbocycles. The quantitative estimate of drug-likeness (QED) is 0.572. The van der Waals surface area contributed by atoms with Gasteiger partial charge in [-0.1, -0.05) is 0 Å². The molecule has 1 aromatic heterocycles. The molecular weight excluding hydrogens is 211 g/mol. The van der Waals surface area contributed by atoms with Gasteiger partial charge >= 0.3 is 0 Å². The highest BCUT2D eigenvalue weighted by Gasteiger charge is 2.27. The number of halogens is 1. The van der Waals surface area contributed by atoms with E-state index in [2.05, 4.69) is 21.0 Å². The van der Waals surface area contributed by atoms with Crippen LogP contribution in [0.1, 0.15) is 0 Å². The van der Waals surface area contributed by atoms with Crippen LogP contribution in [0.2, 0.25) is 0 Å². The molecule has 5 nitrogen and oxygen atoms in total. The molecule has 1 saturated heterocycles. The number of anilines is 1. The zero-order valence-electron chi connectivity index (χ0n) is 8.14. The summed E-state index contributed by atoms with van der Waals surface area (Å²) in [5.41, 5.74) is 2.95. The van der Waals surface area contributed by atoms with Crippen molar-refractivity contribution in [1.82, 2.24) is 5.32 Å². The molecule has 2 aliphatic heterocycles. The number of fused-ring (bicyclic) bond motifs is 1. The fraction of sp³-hybridized carbons (Fsp3) is 0.100. The maximum Gasteiger partial charge on any atom is 0.260 e. The molecule has 1 aromatic rings. The Kier molecular flexibility index (Phi) is 1.88. The number of furan rings is 1. The van der Waals surface area contributed by atoms with Gasteiger partial charge in [0.1, 0.15) is 12.0 Å². The Balaban J connectivity index is 2.06. The number of hydrogen-bond acceptors (Lipinski definition) is 5. The lowest BCUT2D eigenvalue weighted by Crippen LogP contribution is -2.25. The molecule has 0 unspecified atom stereocenters. The fourth-order valence-corrected chi connectivity index (χ4v) is 1.56. The molecule has 1 fully saturated rings. The van der Waals surface area contributed by atoms with E-state index in [1.807, 2.05) is 0 Å².